The van der Waals surface area contributed by atoms with Gasteiger partial charge < -0.3 is 5.32 Å². The van der Waals surface area contributed by atoms with E-state index in [1.807, 2.05) is 0 Å². The van der Waals surface area contributed by atoms with Crippen molar-refractivity contribution in [3.63, 3.8) is 0 Å². The van der Waals surface area contributed by atoms with Crippen molar-refractivity contribution in [1.82, 2.24) is 5.32 Å². The van der Waals surface area contributed by atoms with Crippen LogP contribution in [0.25, 0.3) is 0 Å². The topological polar surface area (TPSA) is 29.1 Å². The van der Waals surface area contributed by atoms with E-state index in [1.54, 1.807) is 0 Å². The molecule has 6 fully saturated rings. The molecule has 2 heteroatoms. The SMILES string of the molecule is O=C(NC1C2CC3CC(C2)CC1C3)C1CC2CC2C1. The minimum atomic E-state index is 0.376. The Kier molecular flexibility index (Phi) is 2.21. The molecule has 4 bridgehead atoms. The minimum absolute atomic E-state index is 0.376. The summed E-state index contributed by atoms with van der Waals surface area (Å²) >= 11 is 0. The number of amides is 1. The van der Waals surface area contributed by atoms with Gasteiger partial charge in [0.15, 0.2) is 0 Å². The molecule has 1 N–H and O–H groups in total. The Labute approximate surface area is 115 Å². The lowest BCUT2D eigenvalue weighted by atomic mass is 9.54. The molecule has 6 rings (SSSR count). The molecule has 0 aromatic heterocycles. The van der Waals surface area contributed by atoms with Gasteiger partial charge in [0, 0.05) is 12.0 Å². The minimum Gasteiger partial charge on any atom is -0.353 e. The van der Waals surface area contributed by atoms with Crippen LogP contribution in [0.5, 0.6) is 0 Å². The molecule has 2 nitrogen and oxygen atoms in total. The van der Waals surface area contributed by atoms with Gasteiger partial charge in [-0.05, 0) is 86.9 Å². The van der Waals surface area contributed by atoms with E-state index < -0.39 is 0 Å². The van der Waals surface area contributed by atoms with Crippen molar-refractivity contribution >= 4 is 5.91 Å². The van der Waals surface area contributed by atoms with Crippen molar-refractivity contribution < 1.29 is 4.79 Å². The van der Waals surface area contributed by atoms with E-state index in [4.69, 9.17) is 0 Å². The Hall–Kier alpha value is -0.530. The highest BCUT2D eigenvalue weighted by atomic mass is 16.2. The van der Waals surface area contributed by atoms with Crippen LogP contribution in [0.3, 0.4) is 0 Å². The maximum absolute atomic E-state index is 12.5. The lowest BCUT2D eigenvalue weighted by molar-refractivity contribution is -0.129. The zero-order valence-corrected chi connectivity index (χ0v) is 11.7. The quantitative estimate of drug-likeness (QED) is 0.811. The van der Waals surface area contributed by atoms with E-state index in [-0.39, 0.29) is 0 Å². The molecule has 19 heavy (non-hydrogen) atoms. The fraction of sp³-hybridized carbons (Fsp3) is 0.941. The van der Waals surface area contributed by atoms with Crippen LogP contribution in [-0.4, -0.2) is 11.9 Å². The molecule has 0 aromatic carbocycles. The zero-order chi connectivity index (χ0) is 12.6. The molecule has 1 amide bonds. The lowest BCUT2D eigenvalue weighted by Gasteiger charge is -2.54. The van der Waals surface area contributed by atoms with Gasteiger partial charge in [0.25, 0.3) is 0 Å². The average molecular weight is 259 g/mol. The Morgan fingerprint density at radius 1 is 0.684 bits per heavy atom. The molecular formula is C17H25NO. The van der Waals surface area contributed by atoms with Gasteiger partial charge in [-0.15, -0.1) is 0 Å². The molecule has 0 heterocycles. The number of nitrogens with one attached hydrogen (secondary N) is 1. The summed E-state index contributed by atoms with van der Waals surface area (Å²) in [6.07, 6.45) is 11.0. The average Bonchev–Trinajstić information content (AvgIpc) is 2.99. The van der Waals surface area contributed by atoms with Gasteiger partial charge in [-0.2, -0.15) is 0 Å². The molecule has 6 saturated carbocycles. The van der Waals surface area contributed by atoms with Crippen LogP contribution in [0.2, 0.25) is 0 Å². The van der Waals surface area contributed by atoms with Gasteiger partial charge in [0.2, 0.25) is 5.91 Å². The zero-order valence-electron chi connectivity index (χ0n) is 11.7. The Morgan fingerprint density at radius 3 is 1.84 bits per heavy atom. The van der Waals surface area contributed by atoms with E-state index in [0.29, 0.717) is 17.9 Å². The number of carbonyl (C=O) groups excluding carboxylic acids is 1. The van der Waals surface area contributed by atoms with Crippen LogP contribution in [-0.2, 0) is 4.79 Å². The highest BCUT2D eigenvalue weighted by molar-refractivity contribution is 5.79. The second kappa shape index (κ2) is 3.77. The first-order valence-electron chi connectivity index (χ1n) is 8.56. The maximum Gasteiger partial charge on any atom is 0.223 e. The van der Waals surface area contributed by atoms with Gasteiger partial charge in [-0.1, -0.05) is 0 Å². The van der Waals surface area contributed by atoms with Crippen molar-refractivity contribution in [2.75, 3.05) is 0 Å². The van der Waals surface area contributed by atoms with E-state index in [1.165, 1.54) is 51.4 Å². The van der Waals surface area contributed by atoms with Crippen molar-refractivity contribution in [2.45, 2.75) is 57.4 Å². The molecule has 0 saturated heterocycles. The number of rotatable bonds is 2. The van der Waals surface area contributed by atoms with Crippen LogP contribution in [0.1, 0.15) is 51.4 Å². The fourth-order valence-corrected chi connectivity index (χ4v) is 6.37. The largest absolute Gasteiger partial charge is 0.353 e. The summed E-state index contributed by atoms with van der Waals surface area (Å²) in [5.74, 6) is 6.32. The lowest BCUT2D eigenvalue weighted by Crippen LogP contribution is -2.56. The van der Waals surface area contributed by atoms with Crippen LogP contribution in [0, 0.1) is 41.4 Å². The highest BCUT2D eigenvalue weighted by Gasteiger charge is 2.51. The van der Waals surface area contributed by atoms with Crippen LogP contribution < -0.4 is 5.32 Å². The normalized spacial score (nSPS) is 57.1. The molecule has 6 aliphatic rings. The van der Waals surface area contributed by atoms with E-state index in [9.17, 15) is 4.79 Å². The Bertz CT molecular complexity index is 379. The van der Waals surface area contributed by atoms with Gasteiger partial charge in [0.05, 0.1) is 0 Å². The van der Waals surface area contributed by atoms with Gasteiger partial charge in [0.1, 0.15) is 0 Å². The Balaban J connectivity index is 1.27. The summed E-state index contributed by atoms with van der Waals surface area (Å²) in [4.78, 5) is 12.5. The van der Waals surface area contributed by atoms with E-state index in [2.05, 4.69) is 5.32 Å². The predicted octanol–water partition coefficient (Wildman–Crippen LogP) is 2.97. The molecule has 0 aliphatic heterocycles. The third-order valence-electron chi connectivity index (χ3n) is 7.15. The molecule has 0 aromatic rings. The van der Waals surface area contributed by atoms with Crippen molar-refractivity contribution in [3.8, 4) is 0 Å². The van der Waals surface area contributed by atoms with Crippen molar-refractivity contribution in [3.05, 3.63) is 0 Å². The molecule has 2 unspecified atom stereocenters. The van der Waals surface area contributed by atoms with E-state index >= 15 is 0 Å². The van der Waals surface area contributed by atoms with Gasteiger partial charge >= 0.3 is 0 Å². The summed E-state index contributed by atoms with van der Waals surface area (Å²) in [6, 6.07) is 0.553. The third kappa shape index (κ3) is 1.71. The fourth-order valence-electron chi connectivity index (χ4n) is 6.37. The van der Waals surface area contributed by atoms with Gasteiger partial charge in [-0.3, -0.25) is 4.79 Å². The molecule has 104 valence electrons. The van der Waals surface area contributed by atoms with Crippen LogP contribution in [0.4, 0.5) is 0 Å². The summed E-state index contributed by atoms with van der Waals surface area (Å²) < 4.78 is 0. The Morgan fingerprint density at radius 2 is 1.26 bits per heavy atom. The summed E-state index contributed by atoms with van der Waals surface area (Å²) in [6.45, 7) is 0. The standard InChI is InChI=1S/C17H25NO/c19-17(15-7-11-6-12(11)8-15)18-16-13-2-9-1-10(4-13)5-14(16)3-9/h9-16H,1-8H2,(H,18,19). The van der Waals surface area contributed by atoms with E-state index in [0.717, 1.165) is 35.5 Å². The summed E-state index contributed by atoms with van der Waals surface area (Å²) in [7, 11) is 0. The first-order valence-corrected chi connectivity index (χ1v) is 8.56. The molecule has 0 spiro atoms. The third-order valence-corrected chi connectivity index (χ3v) is 7.15. The summed E-state index contributed by atoms with van der Waals surface area (Å²) in [5, 5.41) is 3.51. The van der Waals surface area contributed by atoms with Gasteiger partial charge in [-0.25, -0.2) is 0 Å². The number of hydrogen-bond donors (Lipinski definition) is 1. The smallest absolute Gasteiger partial charge is 0.223 e. The highest BCUT2D eigenvalue weighted by Crippen LogP contribution is 2.56. The first kappa shape index (κ1) is 11.2. The predicted molar refractivity (Wildman–Crippen MR) is 73.3 cm³/mol. The van der Waals surface area contributed by atoms with Crippen LogP contribution >= 0.6 is 0 Å². The summed E-state index contributed by atoms with van der Waals surface area (Å²) in [5.41, 5.74) is 0. The monoisotopic (exact) mass is 259 g/mol. The number of carbonyl (C=O) groups is 1. The van der Waals surface area contributed by atoms with Crippen molar-refractivity contribution in [1.29, 1.82) is 0 Å². The molecule has 0 radical (unpaired) electrons. The maximum atomic E-state index is 12.5. The molecule has 2 atom stereocenters. The van der Waals surface area contributed by atoms with Crippen LogP contribution in [0.15, 0.2) is 0 Å². The number of fused-ring (bicyclic) bond motifs is 1. The number of hydrogen-bond acceptors (Lipinski definition) is 1. The molecular weight excluding hydrogens is 234 g/mol. The molecule has 6 aliphatic carbocycles. The van der Waals surface area contributed by atoms with Crippen molar-refractivity contribution in [2.24, 2.45) is 41.4 Å². The second-order valence-electron chi connectivity index (χ2n) is 8.39. The second-order valence-corrected chi connectivity index (χ2v) is 8.39. The first-order chi connectivity index (χ1) is 9.26.